The topological polar surface area (TPSA) is 35.2 Å². The van der Waals surface area contributed by atoms with Gasteiger partial charge in [-0.1, -0.05) is 6.07 Å². The molecule has 0 radical (unpaired) electrons. The summed E-state index contributed by atoms with van der Waals surface area (Å²) in [6, 6.07) is 6.52. The number of methoxy groups -OCH3 is 1. The highest BCUT2D eigenvalue weighted by Gasteiger charge is 2.14. The molecule has 4 heteroatoms. The number of ether oxygens (including phenoxy) is 1. The fraction of sp³-hybridized carbons (Fsp3) is 0.231. The monoisotopic (exact) mass is 251 g/mol. The van der Waals surface area contributed by atoms with Crippen molar-refractivity contribution >= 4 is 11.3 Å². The second-order valence-corrected chi connectivity index (χ2v) is 4.92. The fourth-order valence-corrected chi connectivity index (χ4v) is 2.52. The number of aryl methyl sites for hydroxylation is 1. The molecular formula is C13H14FNOS. The molecule has 1 heterocycles. The Labute approximate surface area is 104 Å². The molecule has 1 aromatic heterocycles. The van der Waals surface area contributed by atoms with Crippen LogP contribution in [0.4, 0.5) is 4.39 Å². The van der Waals surface area contributed by atoms with E-state index in [0.29, 0.717) is 0 Å². The van der Waals surface area contributed by atoms with E-state index in [1.165, 1.54) is 13.2 Å². The summed E-state index contributed by atoms with van der Waals surface area (Å²) < 4.78 is 18.5. The van der Waals surface area contributed by atoms with Crippen molar-refractivity contribution in [3.8, 4) is 5.75 Å². The van der Waals surface area contributed by atoms with Crippen LogP contribution in [0.5, 0.6) is 5.75 Å². The first-order valence-electron chi connectivity index (χ1n) is 5.26. The highest BCUT2D eigenvalue weighted by Crippen LogP contribution is 2.28. The third-order valence-corrected chi connectivity index (χ3v) is 3.63. The number of hydrogen-bond donors (Lipinski definition) is 1. The highest BCUT2D eigenvalue weighted by molar-refractivity contribution is 7.10. The van der Waals surface area contributed by atoms with Crippen LogP contribution in [0.2, 0.25) is 0 Å². The summed E-state index contributed by atoms with van der Waals surface area (Å²) in [6.45, 7) is 2.01. The van der Waals surface area contributed by atoms with Crippen LogP contribution in [0, 0.1) is 12.7 Å². The lowest BCUT2D eigenvalue weighted by Gasteiger charge is -2.13. The van der Waals surface area contributed by atoms with Crippen molar-refractivity contribution in [3.63, 3.8) is 0 Å². The van der Waals surface area contributed by atoms with Gasteiger partial charge in [0.05, 0.1) is 13.2 Å². The number of nitrogens with two attached hydrogens (primary N) is 1. The predicted octanol–water partition coefficient (Wildman–Crippen LogP) is 3.25. The SMILES string of the molecule is COc1ccc(C(N)c2ccsc2C)cc1F. The molecule has 1 unspecified atom stereocenters. The predicted molar refractivity (Wildman–Crippen MR) is 68.0 cm³/mol. The minimum atomic E-state index is -0.381. The average molecular weight is 251 g/mol. The minimum Gasteiger partial charge on any atom is -0.494 e. The second-order valence-electron chi connectivity index (χ2n) is 3.80. The van der Waals surface area contributed by atoms with Gasteiger partial charge in [-0.05, 0) is 41.6 Å². The van der Waals surface area contributed by atoms with Gasteiger partial charge in [-0.15, -0.1) is 11.3 Å². The van der Waals surface area contributed by atoms with Crippen molar-refractivity contribution in [3.05, 3.63) is 51.5 Å². The lowest BCUT2D eigenvalue weighted by Crippen LogP contribution is -2.12. The first-order valence-corrected chi connectivity index (χ1v) is 6.14. The van der Waals surface area contributed by atoms with Gasteiger partial charge in [0.2, 0.25) is 0 Å². The zero-order valence-electron chi connectivity index (χ0n) is 9.74. The molecular weight excluding hydrogens is 237 g/mol. The molecule has 0 bridgehead atoms. The third kappa shape index (κ3) is 2.33. The van der Waals surface area contributed by atoms with Gasteiger partial charge in [-0.3, -0.25) is 0 Å². The number of hydrogen-bond acceptors (Lipinski definition) is 3. The third-order valence-electron chi connectivity index (χ3n) is 2.77. The average Bonchev–Trinajstić information content (AvgIpc) is 2.74. The van der Waals surface area contributed by atoms with Gasteiger partial charge < -0.3 is 10.5 Å². The van der Waals surface area contributed by atoms with Crippen molar-refractivity contribution in [1.82, 2.24) is 0 Å². The summed E-state index contributed by atoms with van der Waals surface area (Å²) in [6.07, 6.45) is 0. The molecule has 0 spiro atoms. The first kappa shape index (κ1) is 12.1. The van der Waals surface area contributed by atoms with Crippen LogP contribution >= 0.6 is 11.3 Å². The first-order chi connectivity index (χ1) is 8.13. The van der Waals surface area contributed by atoms with Gasteiger partial charge in [0.1, 0.15) is 0 Å². The smallest absolute Gasteiger partial charge is 0.165 e. The van der Waals surface area contributed by atoms with Crippen LogP contribution in [0.1, 0.15) is 22.0 Å². The van der Waals surface area contributed by atoms with Crippen molar-refractivity contribution in [2.45, 2.75) is 13.0 Å². The Hall–Kier alpha value is -1.39. The van der Waals surface area contributed by atoms with E-state index in [2.05, 4.69) is 0 Å². The maximum absolute atomic E-state index is 13.6. The Morgan fingerprint density at radius 3 is 2.65 bits per heavy atom. The molecule has 1 aromatic carbocycles. The van der Waals surface area contributed by atoms with E-state index in [1.807, 2.05) is 18.4 Å². The summed E-state index contributed by atoms with van der Waals surface area (Å²) in [7, 11) is 1.45. The number of rotatable bonds is 3. The van der Waals surface area contributed by atoms with E-state index in [-0.39, 0.29) is 17.6 Å². The van der Waals surface area contributed by atoms with E-state index in [0.717, 1.165) is 16.0 Å². The van der Waals surface area contributed by atoms with E-state index >= 15 is 0 Å². The van der Waals surface area contributed by atoms with Gasteiger partial charge in [0.25, 0.3) is 0 Å². The molecule has 0 saturated heterocycles. The molecule has 1 atom stereocenters. The van der Waals surface area contributed by atoms with Crippen molar-refractivity contribution in [2.75, 3.05) is 7.11 Å². The molecule has 0 amide bonds. The molecule has 0 aliphatic carbocycles. The molecule has 2 aromatic rings. The quantitative estimate of drug-likeness (QED) is 0.908. The van der Waals surface area contributed by atoms with Crippen LogP contribution in [0.3, 0.4) is 0 Å². The Morgan fingerprint density at radius 2 is 2.12 bits per heavy atom. The lowest BCUT2D eigenvalue weighted by atomic mass is 10.0. The Kier molecular flexibility index (Phi) is 3.45. The number of thiophene rings is 1. The maximum Gasteiger partial charge on any atom is 0.165 e. The Bertz CT molecular complexity index is 524. The summed E-state index contributed by atoms with van der Waals surface area (Å²) in [4.78, 5) is 1.16. The van der Waals surface area contributed by atoms with Gasteiger partial charge in [-0.2, -0.15) is 0 Å². The van der Waals surface area contributed by atoms with Crippen LogP contribution < -0.4 is 10.5 Å². The molecule has 0 saturated carbocycles. The van der Waals surface area contributed by atoms with Crippen LogP contribution in [-0.2, 0) is 0 Å². The molecule has 0 aliphatic rings. The van der Waals surface area contributed by atoms with Crippen molar-refractivity contribution in [2.24, 2.45) is 5.73 Å². The largest absolute Gasteiger partial charge is 0.494 e. The molecule has 90 valence electrons. The van der Waals surface area contributed by atoms with Gasteiger partial charge in [0, 0.05) is 4.88 Å². The van der Waals surface area contributed by atoms with E-state index < -0.39 is 0 Å². The van der Waals surface area contributed by atoms with E-state index in [9.17, 15) is 4.39 Å². The van der Waals surface area contributed by atoms with Crippen molar-refractivity contribution < 1.29 is 9.13 Å². The lowest BCUT2D eigenvalue weighted by molar-refractivity contribution is 0.386. The van der Waals surface area contributed by atoms with Crippen molar-refractivity contribution in [1.29, 1.82) is 0 Å². The van der Waals surface area contributed by atoms with Crippen LogP contribution in [0.25, 0.3) is 0 Å². The van der Waals surface area contributed by atoms with Gasteiger partial charge in [0.15, 0.2) is 11.6 Å². The van der Waals surface area contributed by atoms with Crippen LogP contribution in [-0.4, -0.2) is 7.11 Å². The van der Waals surface area contributed by atoms with E-state index in [4.69, 9.17) is 10.5 Å². The normalized spacial score (nSPS) is 12.5. The summed E-state index contributed by atoms with van der Waals surface area (Å²) in [5, 5.41) is 1.99. The summed E-state index contributed by atoms with van der Waals surface area (Å²) in [5.41, 5.74) is 7.92. The Balaban J connectivity index is 2.35. The fourth-order valence-electron chi connectivity index (χ4n) is 1.77. The molecule has 0 fully saturated rings. The number of halogens is 1. The summed E-state index contributed by atoms with van der Waals surface area (Å²) in [5.74, 6) is -0.142. The molecule has 2 N–H and O–H groups in total. The summed E-state index contributed by atoms with van der Waals surface area (Å²) >= 11 is 1.64. The zero-order valence-corrected chi connectivity index (χ0v) is 10.6. The molecule has 2 nitrogen and oxygen atoms in total. The molecule has 0 aliphatic heterocycles. The number of benzene rings is 1. The highest BCUT2D eigenvalue weighted by atomic mass is 32.1. The van der Waals surface area contributed by atoms with Crippen LogP contribution in [0.15, 0.2) is 29.6 Å². The second kappa shape index (κ2) is 4.85. The molecule has 17 heavy (non-hydrogen) atoms. The van der Waals surface area contributed by atoms with Gasteiger partial charge >= 0.3 is 0 Å². The van der Waals surface area contributed by atoms with Gasteiger partial charge in [-0.25, -0.2) is 4.39 Å². The molecule has 2 rings (SSSR count). The van der Waals surface area contributed by atoms with E-state index in [1.54, 1.807) is 23.5 Å². The Morgan fingerprint density at radius 1 is 1.35 bits per heavy atom. The minimum absolute atomic E-state index is 0.239. The maximum atomic E-state index is 13.6. The standard InChI is InChI=1S/C13H14FNOS/c1-8-10(5-6-17-8)13(15)9-3-4-12(16-2)11(14)7-9/h3-7,13H,15H2,1-2H3. The zero-order chi connectivity index (χ0) is 12.4.